The largest absolute Gasteiger partial charge is 0.379 e. The van der Waals surface area contributed by atoms with Gasteiger partial charge in [-0.05, 0) is 31.9 Å². The molecule has 2 aliphatic heterocycles. The number of non-ortho nitro benzene ring substituents is 1. The summed E-state index contributed by atoms with van der Waals surface area (Å²) >= 11 is 0. The highest BCUT2D eigenvalue weighted by Crippen LogP contribution is 2.28. The molecule has 0 spiro atoms. The van der Waals surface area contributed by atoms with E-state index in [0.29, 0.717) is 12.1 Å². The molecule has 0 aromatic heterocycles. The van der Waals surface area contributed by atoms with Crippen LogP contribution in [0.1, 0.15) is 29.6 Å². The zero-order chi connectivity index (χ0) is 18.4. The second kappa shape index (κ2) is 8.95. The lowest BCUT2D eigenvalue weighted by Crippen LogP contribution is -2.38. The van der Waals surface area contributed by atoms with E-state index in [1.165, 1.54) is 12.1 Å². The molecule has 0 atom stereocenters. The third kappa shape index (κ3) is 4.70. The minimum atomic E-state index is -0.455. The fourth-order valence-electron chi connectivity index (χ4n) is 3.48. The van der Waals surface area contributed by atoms with E-state index in [9.17, 15) is 14.9 Å². The SMILES string of the molecule is O=C(NCCCN1CCOCC1)c1cc([N+](=O)[O-])ccc1N1CCCC1. The number of carbonyl (C=O) groups excluding carboxylic acids is 1. The zero-order valence-corrected chi connectivity index (χ0v) is 15.0. The molecule has 0 radical (unpaired) electrons. The number of nitro benzene ring substituents is 1. The summed E-state index contributed by atoms with van der Waals surface area (Å²) < 4.78 is 5.32. The van der Waals surface area contributed by atoms with Gasteiger partial charge in [-0.1, -0.05) is 0 Å². The number of nitrogens with one attached hydrogen (secondary N) is 1. The van der Waals surface area contributed by atoms with Crippen LogP contribution in [-0.4, -0.2) is 68.2 Å². The van der Waals surface area contributed by atoms with Gasteiger partial charge in [-0.25, -0.2) is 0 Å². The number of nitrogens with zero attached hydrogens (tertiary/aromatic N) is 3. The van der Waals surface area contributed by atoms with Crippen LogP contribution >= 0.6 is 0 Å². The molecule has 2 aliphatic rings. The molecule has 2 heterocycles. The Bertz CT molecular complexity index is 640. The van der Waals surface area contributed by atoms with E-state index >= 15 is 0 Å². The van der Waals surface area contributed by atoms with Crippen molar-refractivity contribution < 1.29 is 14.5 Å². The first-order valence-corrected chi connectivity index (χ1v) is 9.27. The van der Waals surface area contributed by atoms with E-state index < -0.39 is 4.92 Å². The maximum atomic E-state index is 12.7. The Labute approximate surface area is 153 Å². The van der Waals surface area contributed by atoms with E-state index in [-0.39, 0.29) is 11.6 Å². The number of morpholine rings is 1. The van der Waals surface area contributed by atoms with Gasteiger partial charge >= 0.3 is 0 Å². The number of hydrogen-bond acceptors (Lipinski definition) is 6. The molecule has 1 aromatic rings. The molecular weight excluding hydrogens is 336 g/mol. The van der Waals surface area contributed by atoms with Gasteiger partial charge < -0.3 is 15.0 Å². The number of hydrogen-bond donors (Lipinski definition) is 1. The Morgan fingerprint density at radius 3 is 2.62 bits per heavy atom. The van der Waals surface area contributed by atoms with Crippen LogP contribution in [0, 0.1) is 10.1 Å². The maximum absolute atomic E-state index is 12.7. The van der Waals surface area contributed by atoms with Gasteiger partial charge in [0.1, 0.15) is 0 Å². The number of anilines is 1. The van der Waals surface area contributed by atoms with Crippen molar-refractivity contribution >= 4 is 17.3 Å². The summed E-state index contributed by atoms with van der Waals surface area (Å²) in [5.74, 6) is -0.238. The van der Waals surface area contributed by atoms with Crippen LogP contribution < -0.4 is 10.2 Å². The van der Waals surface area contributed by atoms with Crippen LogP contribution in [0.5, 0.6) is 0 Å². The van der Waals surface area contributed by atoms with E-state index in [2.05, 4.69) is 15.1 Å². The van der Waals surface area contributed by atoms with Gasteiger partial charge in [-0.2, -0.15) is 0 Å². The smallest absolute Gasteiger partial charge is 0.270 e. The minimum absolute atomic E-state index is 0.0496. The molecule has 0 saturated carbocycles. The van der Waals surface area contributed by atoms with Crippen LogP contribution in [0.15, 0.2) is 18.2 Å². The second-order valence-corrected chi connectivity index (χ2v) is 6.72. The van der Waals surface area contributed by atoms with E-state index in [1.54, 1.807) is 6.07 Å². The number of nitro groups is 1. The highest BCUT2D eigenvalue weighted by molar-refractivity contribution is 6.00. The highest BCUT2D eigenvalue weighted by Gasteiger charge is 2.22. The van der Waals surface area contributed by atoms with Gasteiger partial charge in [0, 0.05) is 44.9 Å². The third-order valence-electron chi connectivity index (χ3n) is 4.92. The van der Waals surface area contributed by atoms with Gasteiger partial charge in [0.15, 0.2) is 0 Å². The molecule has 1 amide bonds. The van der Waals surface area contributed by atoms with Crippen LogP contribution in [0.2, 0.25) is 0 Å². The third-order valence-corrected chi connectivity index (χ3v) is 4.92. The van der Waals surface area contributed by atoms with Crippen molar-refractivity contribution in [2.75, 3.05) is 57.4 Å². The summed E-state index contributed by atoms with van der Waals surface area (Å²) in [5, 5.41) is 14.0. The molecule has 8 nitrogen and oxygen atoms in total. The van der Waals surface area contributed by atoms with Crippen molar-refractivity contribution in [3.05, 3.63) is 33.9 Å². The quantitative estimate of drug-likeness (QED) is 0.451. The number of benzene rings is 1. The summed E-state index contributed by atoms with van der Waals surface area (Å²) in [6.07, 6.45) is 3.01. The first kappa shape index (κ1) is 18.6. The van der Waals surface area contributed by atoms with Crippen molar-refractivity contribution in [2.45, 2.75) is 19.3 Å². The zero-order valence-electron chi connectivity index (χ0n) is 15.0. The van der Waals surface area contributed by atoms with Crippen molar-refractivity contribution in [3.8, 4) is 0 Å². The van der Waals surface area contributed by atoms with Crippen LogP contribution in [0.25, 0.3) is 0 Å². The first-order valence-electron chi connectivity index (χ1n) is 9.27. The fraction of sp³-hybridized carbons (Fsp3) is 0.611. The Morgan fingerprint density at radius 1 is 1.19 bits per heavy atom. The van der Waals surface area contributed by atoms with E-state index in [0.717, 1.165) is 70.9 Å². The summed E-state index contributed by atoms with van der Waals surface area (Å²) in [5.41, 5.74) is 1.14. The lowest BCUT2D eigenvalue weighted by atomic mass is 10.1. The number of rotatable bonds is 7. The van der Waals surface area contributed by atoms with Gasteiger partial charge in [0.2, 0.25) is 0 Å². The number of amides is 1. The molecule has 3 rings (SSSR count). The maximum Gasteiger partial charge on any atom is 0.270 e. The van der Waals surface area contributed by atoms with Crippen LogP contribution in [0.4, 0.5) is 11.4 Å². The van der Waals surface area contributed by atoms with Gasteiger partial charge in [-0.15, -0.1) is 0 Å². The molecular formula is C18H26N4O4. The predicted octanol–water partition coefficient (Wildman–Crippen LogP) is 1.65. The minimum Gasteiger partial charge on any atom is -0.379 e. The summed E-state index contributed by atoms with van der Waals surface area (Å²) in [6, 6.07) is 4.57. The second-order valence-electron chi connectivity index (χ2n) is 6.72. The summed E-state index contributed by atoms with van der Waals surface area (Å²) in [6.45, 7) is 6.62. The average Bonchev–Trinajstić information content (AvgIpc) is 3.20. The number of carbonyl (C=O) groups is 1. The highest BCUT2D eigenvalue weighted by atomic mass is 16.6. The molecule has 2 saturated heterocycles. The molecule has 26 heavy (non-hydrogen) atoms. The monoisotopic (exact) mass is 362 g/mol. The van der Waals surface area contributed by atoms with Crippen LogP contribution in [0.3, 0.4) is 0 Å². The molecule has 2 fully saturated rings. The predicted molar refractivity (Wildman–Crippen MR) is 98.8 cm³/mol. The lowest BCUT2D eigenvalue weighted by molar-refractivity contribution is -0.384. The summed E-state index contributed by atoms with van der Waals surface area (Å²) in [7, 11) is 0. The normalized spacial score (nSPS) is 18.1. The Balaban J connectivity index is 1.60. The molecule has 142 valence electrons. The van der Waals surface area contributed by atoms with Crippen LogP contribution in [-0.2, 0) is 4.74 Å². The molecule has 1 N–H and O–H groups in total. The average molecular weight is 362 g/mol. The molecule has 0 aliphatic carbocycles. The number of ether oxygens (including phenoxy) is 1. The van der Waals surface area contributed by atoms with Gasteiger partial charge in [0.05, 0.1) is 29.4 Å². The Hall–Kier alpha value is -2.19. The molecule has 0 unspecified atom stereocenters. The molecule has 8 heteroatoms. The van der Waals surface area contributed by atoms with Crippen molar-refractivity contribution in [1.29, 1.82) is 0 Å². The fourth-order valence-corrected chi connectivity index (χ4v) is 3.48. The Morgan fingerprint density at radius 2 is 1.92 bits per heavy atom. The lowest BCUT2D eigenvalue weighted by Gasteiger charge is -2.26. The van der Waals surface area contributed by atoms with Crippen molar-refractivity contribution in [2.24, 2.45) is 0 Å². The topological polar surface area (TPSA) is 88.0 Å². The molecule has 0 bridgehead atoms. The Kier molecular flexibility index (Phi) is 6.40. The first-order chi connectivity index (χ1) is 12.6. The van der Waals surface area contributed by atoms with Crippen molar-refractivity contribution in [1.82, 2.24) is 10.2 Å². The van der Waals surface area contributed by atoms with Crippen molar-refractivity contribution in [3.63, 3.8) is 0 Å². The van der Waals surface area contributed by atoms with E-state index in [4.69, 9.17) is 4.74 Å². The molecule has 1 aromatic carbocycles. The standard InChI is InChI=1S/C18H26N4O4/c23-18(19-6-3-7-20-10-12-26-13-11-20)16-14-15(22(24)25)4-5-17(16)21-8-1-2-9-21/h4-5,14H,1-3,6-13H2,(H,19,23). The summed E-state index contributed by atoms with van der Waals surface area (Å²) in [4.78, 5) is 27.7. The van der Waals surface area contributed by atoms with E-state index in [1.807, 2.05) is 0 Å². The van der Waals surface area contributed by atoms with Gasteiger partial charge in [-0.3, -0.25) is 19.8 Å². The van der Waals surface area contributed by atoms with Gasteiger partial charge in [0.25, 0.3) is 11.6 Å².